The number of aromatic amines is 1. The second-order valence-electron chi connectivity index (χ2n) is 4.50. The highest BCUT2D eigenvalue weighted by molar-refractivity contribution is 6.30. The van der Waals surface area contributed by atoms with Gasteiger partial charge in [0.1, 0.15) is 0 Å². The maximum atomic E-state index is 12.0. The molecular formula is C14H11Cl2N3O. The number of H-pyrrole nitrogens is 1. The summed E-state index contributed by atoms with van der Waals surface area (Å²) in [7, 11) is 0. The van der Waals surface area contributed by atoms with Gasteiger partial charge < -0.3 is 0 Å². The Bertz CT molecular complexity index is 834. The van der Waals surface area contributed by atoms with E-state index in [1.807, 2.05) is 31.2 Å². The van der Waals surface area contributed by atoms with Crippen LogP contribution in [0.4, 0.5) is 0 Å². The molecule has 2 aromatic heterocycles. The summed E-state index contributed by atoms with van der Waals surface area (Å²) in [6.07, 6.45) is 0. The molecule has 0 unspecified atom stereocenters. The Morgan fingerprint density at radius 3 is 2.65 bits per heavy atom. The molecule has 1 aromatic carbocycles. The number of aryl methyl sites for hydroxylation is 1. The molecule has 102 valence electrons. The fraction of sp³-hybridized carbons (Fsp3) is 0.143. The second-order valence-corrected chi connectivity index (χ2v) is 5.20. The highest BCUT2D eigenvalue weighted by atomic mass is 35.5. The van der Waals surface area contributed by atoms with Crippen LogP contribution >= 0.6 is 23.2 Å². The minimum Gasteiger partial charge on any atom is -0.293 e. The first kappa shape index (κ1) is 13.2. The number of fused-ring (bicyclic) bond motifs is 1. The topological polar surface area (TPSA) is 50.2 Å². The Hall–Kier alpha value is -1.78. The predicted molar refractivity (Wildman–Crippen MR) is 80.6 cm³/mol. The molecule has 0 spiro atoms. The van der Waals surface area contributed by atoms with Crippen LogP contribution in [0.1, 0.15) is 11.4 Å². The molecule has 0 fully saturated rings. The van der Waals surface area contributed by atoms with E-state index in [1.165, 1.54) is 10.6 Å². The van der Waals surface area contributed by atoms with Gasteiger partial charge in [0.05, 0.1) is 11.6 Å². The molecule has 3 rings (SSSR count). The van der Waals surface area contributed by atoms with Gasteiger partial charge in [0, 0.05) is 22.3 Å². The quantitative estimate of drug-likeness (QED) is 0.738. The number of halogens is 2. The maximum Gasteiger partial charge on any atom is 0.272 e. The van der Waals surface area contributed by atoms with E-state index < -0.39 is 0 Å². The van der Waals surface area contributed by atoms with Crippen LogP contribution in [0.3, 0.4) is 0 Å². The van der Waals surface area contributed by atoms with Gasteiger partial charge in [0.25, 0.3) is 5.56 Å². The first-order valence-corrected chi connectivity index (χ1v) is 6.94. The molecule has 6 heteroatoms. The molecular weight excluding hydrogens is 297 g/mol. The number of alkyl halides is 1. The van der Waals surface area contributed by atoms with Crippen molar-refractivity contribution in [3.8, 4) is 11.1 Å². The lowest BCUT2D eigenvalue weighted by atomic mass is 10.1. The highest BCUT2D eigenvalue weighted by Crippen LogP contribution is 2.27. The van der Waals surface area contributed by atoms with Crippen molar-refractivity contribution < 1.29 is 0 Å². The Morgan fingerprint density at radius 2 is 2.00 bits per heavy atom. The van der Waals surface area contributed by atoms with Crippen molar-refractivity contribution in [2.45, 2.75) is 12.8 Å². The van der Waals surface area contributed by atoms with Crippen molar-refractivity contribution in [3.05, 3.63) is 57.1 Å². The molecule has 0 aliphatic carbocycles. The molecule has 3 aromatic rings. The van der Waals surface area contributed by atoms with Gasteiger partial charge in [-0.05, 0) is 24.6 Å². The first-order chi connectivity index (χ1) is 9.60. The van der Waals surface area contributed by atoms with Crippen molar-refractivity contribution in [1.29, 1.82) is 0 Å². The molecule has 0 amide bonds. The van der Waals surface area contributed by atoms with Crippen LogP contribution in [-0.2, 0) is 5.88 Å². The van der Waals surface area contributed by atoms with E-state index >= 15 is 0 Å². The fourth-order valence-electron chi connectivity index (χ4n) is 2.23. The lowest BCUT2D eigenvalue weighted by molar-refractivity contribution is 0.871. The average Bonchev–Trinajstić information content (AvgIpc) is 2.77. The van der Waals surface area contributed by atoms with Crippen LogP contribution in [0, 0.1) is 6.92 Å². The highest BCUT2D eigenvalue weighted by Gasteiger charge is 2.14. The molecule has 0 aliphatic heterocycles. The summed E-state index contributed by atoms with van der Waals surface area (Å²) in [5.74, 6) is 0.204. The Morgan fingerprint density at radius 1 is 1.30 bits per heavy atom. The van der Waals surface area contributed by atoms with E-state index in [1.54, 1.807) is 0 Å². The molecule has 0 aliphatic rings. The van der Waals surface area contributed by atoms with E-state index in [2.05, 4.69) is 10.1 Å². The standard InChI is InChI=1S/C14H11Cl2N3O/c1-8-13(9-2-4-10(16)5-3-9)14-17-11(7-15)6-12(20)19(14)18-8/h2-6,18H,7H2,1H3. The van der Waals surface area contributed by atoms with E-state index in [-0.39, 0.29) is 11.4 Å². The summed E-state index contributed by atoms with van der Waals surface area (Å²) >= 11 is 11.7. The number of nitrogens with zero attached hydrogens (tertiary/aromatic N) is 2. The predicted octanol–water partition coefficient (Wildman–Crippen LogP) is 3.39. The Labute approximate surface area is 125 Å². The molecule has 1 N–H and O–H groups in total. The van der Waals surface area contributed by atoms with E-state index in [4.69, 9.17) is 23.2 Å². The number of benzene rings is 1. The van der Waals surface area contributed by atoms with Gasteiger partial charge in [-0.1, -0.05) is 23.7 Å². The minimum absolute atomic E-state index is 0.172. The Balaban J connectivity index is 2.34. The molecule has 0 atom stereocenters. The Kier molecular flexibility index (Phi) is 3.28. The third-order valence-electron chi connectivity index (χ3n) is 3.12. The molecule has 0 bridgehead atoms. The van der Waals surface area contributed by atoms with Gasteiger partial charge in [0.15, 0.2) is 5.65 Å². The van der Waals surface area contributed by atoms with Crippen LogP contribution in [0.2, 0.25) is 5.02 Å². The van der Waals surface area contributed by atoms with E-state index in [9.17, 15) is 4.79 Å². The number of aromatic nitrogens is 3. The lowest BCUT2D eigenvalue weighted by Gasteiger charge is -2.02. The largest absolute Gasteiger partial charge is 0.293 e. The van der Waals surface area contributed by atoms with Gasteiger partial charge in [-0.15, -0.1) is 11.6 Å². The van der Waals surface area contributed by atoms with Crippen LogP contribution < -0.4 is 5.56 Å². The van der Waals surface area contributed by atoms with Crippen molar-refractivity contribution in [2.24, 2.45) is 0 Å². The number of nitrogens with one attached hydrogen (secondary N) is 1. The van der Waals surface area contributed by atoms with E-state index in [0.29, 0.717) is 16.4 Å². The summed E-state index contributed by atoms with van der Waals surface area (Å²) in [5.41, 5.74) is 3.66. The SMILES string of the molecule is Cc1[nH]n2c(=O)cc(CCl)nc2c1-c1ccc(Cl)cc1. The lowest BCUT2D eigenvalue weighted by Crippen LogP contribution is -2.15. The molecule has 0 radical (unpaired) electrons. The van der Waals surface area contributed by atoms with Crippen molar-refractivity contribution in [3.63, 3.8) is 0 Å². The average molecular weight is 308 g/mol. The van der Waals surface area contributed by atoms with Gasteiger partial charge >= 0.3 is 0 Å². The minimum atomic E-state index is -0.172. The van der Waals surface area contributed by atoms with E-state index in [0.717, 1.165) is 16.8 Å². The summed E-state index contributed by atoms with van der Waals surface area (Å²) in [5, 5.41) is 3.69. The van der Waals surface area contributed by atoms with Crippen LogP contribution in [-0.4, -0.2) is 14.6 Å². The smallest absolute Gasteiger partial charge is 0.272 e. The van der Waals surface area contributed by atoms with Crippen LogP contribution in [0.5, 0.6) is 0 Å². The molecule has 4 nitrogen and oxygen atoms in total. The molecule has 0 saturated carbocycles. The zero-order valence-corrected chi connectivity index (χ0v) is 12.2. The van der Waals surface area contributed by atoms with Gasteiger partial charge in [0.2, 0.25) is 0 Å². The second kappa shape index (κ2) is 4.96. The monoisotopic (exact) mass is 307 g/mol. The number of rotatable bonds is 2. The third kappa shape index (κ3) is 2.11. The zero-order chi connectivity index (χ0) is 14.3. The van der Waals surface area contributed by atoms with Crippen molar-refractivity contribution >= 4 is 28.8 Å². The number of hydrogen-bond donors (Lipinski definition) is 1. The molecule has 2 heterocycles. The maximum absolute atomic E-state index is 12.0. The summed E-state index contributed by atoms with van der Waals surface area (Å²) in [4.78, 5) is 16.5. The zero-order valence-electron chi connectivity index (χ0n) is 10.7. The van der Waals surface area contributed by atoms with Gasteiger partial charge in [-0.3, -0.25) is 9.89 Å². The van der Waals surface area contributed by atoms with Crippen molar-refractivity contribution in [2.75, 3.05) is 0 Å². The molecule has 20 heavy (non-hydrogen) atoms. The number of hydrogen-bond acceptors (Lipinski definition) is 2. The first-order valence-electron chi connectivity index (χ1n) is 6.03. The molecule has 0 saturated heterocycles. The van der Waals surface area contributed by atoms with Crippen LogP contribution in [0.25, 0.3) is 16.8 Å². The van der Waals surface area contributed by atoms with Gasteiger partial charge in [-0.2, -0.15) is 0 Å². The van der Waals surface area contributed by atoms with Crippen LogP contribution in [0.15, 0.2) is 35.1 Å². The fourth-order valence-corrected chi connectivity index (χ4v) is 2.49. The summed E-state index contributed by atoms with van der Waals surface area (Å²) in [6.45, 7) is 1.90. The normalized spacial score (nSPS) is 11.2. The summed E-state index contributed by atoms with van der Waals surface area (Å²) in [6, 6.07) is 8.85. The third-order valence-corrected chi connectivity index (χ3v) is 3.65. The van der Waals surface area contributed by atoms with Gasteiger partial charge in [-0.25, -0.2) is 9.50 Å². The van der Waals surface area contributed by atoms with Crippen molar-refractivity contribution in [1.82, 2.24) is 14.6 Å². The summed E-state index contributed by atoms with van der Waals surface area (Å²) < 4.78 is 1.43.